The lowest BCUT2D eigenvalue weighted by molar-refractivity contribution is 0.738. The van der Waals surface area contributed by atoms with E-state index >= 15 is 0 Å². The molecule has 1 saturated carbocycles. The van der Waals surface area contributed by atoms with Crippen LogP contribution in [0.5, 0.6) is 0 Å². The van der Waals surface area contributed by atoms with Crippen molar-refractivity contribution < 1.29 is 0 Å². The molecule has 2 unspecified atom stereocenters. The minimum atomic E-state index is 0.154. The van der Waals surface area contributed by atoms with E-state index in [1.807, 2.05) is 24.6 Å². The van der Waals surface area contributed by atoms with Gasteiger partial charge in [0.25, 0.3) is 0 Å². The smallest absolute Gasteiger partial charge is 0.126 e. The number of rotatable bonds is 6. The van der Waals surface area contributed by atoms with Crippen molar-refractivity contribution >= 4 is 18.5 Å². The minimum absolute atomic E-state index is 0.154. The largest absolute Gasteiger partial charge is 0.261 e. The number of hydrogen-bond acceptors (Lipinski definition) is 3. The van der Waals surface area contributed by atoms with E-state index in [-0.39, 0.29) is 5.52 Å². The van der Waals surface area contributed by atoms with Crippen LogP contribution >= 0.6 is 18.5 Å². The van der Waals surface area contributed by atoms with Gasteiger partial charge in [0.2, 0.25) is 0 Å². The third-order valence-electron chi connectivity index (χ3n) is 5.34. The van der Waals surface area contributed by atoms with E-state index in [2.05, 4.69) is 59.8 Å². The fourth-order valence-corrected chi connectivity index (χ4v) is 4.10. The van der Waals surface area contributed by atoms with Crippen molar-refractivity contribution in [2.75, 3.05) is 0 Å². The van der Waals surface area contributed by atoms with E-state index in [0.717, 1.165) is 41.7 Å². The SMILES string of the molecule is CCc1ccc(C2CC2)c(Cc2cn(C(P)P)nc2-c2cc(C)nc(C)n2)c1. The molecule has 2 atom stereocenters. The van der Waals surface area contributed by atoms with Gasteiger partial charge in [-0.25, -0.2) is 9.97 Å². The fourth-order valence-electron chi connectivity index (χ4n) is 3.80. The van der Waals surface area contributed by atoms with Crippen molar-refractivity contribution in [3.63, 3.8) is 0 Å². The van der Waals surface area contributed by atoms with E-state index < -0.39 is 0 Å². The Morgan fingerprint density at radius 1 is 1.11 bits per heavy atom. The monoisotopic (exact) mass is 410 g/mol. The van der Waals surface area contributed by atoms with Crippen LogP contribution < -0.4 is 0 Å². The number of aryl methyl sites for hydroxylation is 3. The first-order valence-electron chi connectivity index (χ1n) is 9.98. The van der Waals surface area contributed by atoms with Crippen LogP contribution in [-0.2, 0) is 12.8 Å². The average Bonchev–Trinajstić information content (AvgIpc) is 3.40. The number of aromatic nitrogens is 4. The van der Waals surface area contributed by atoms with Crippen LogP contribution in [0.15, 0.2) is 30.5 Å². The number of hydrogen-bond donors (Lipinski definition) is 0. The summed E-state index contributed by atoms with van der Waals surface area (Å²) in [7, 11) is 5.59. The second-order valence-electron chi connectivity index (χ2n) is 7.75. The molecule has 4 rings (SSSR count). The van der Waals surface area contributed by atoms with Gasteiger partial charge in [0, 0.05) is 23.9 Å². The van der Waals surface area contributed by atoms with Gasteiger partial charge in [0.15, 0.2) is 0 Å². The molecule has 146 valence electrons. The van der Waals surface area contributed by atoms with Crippen LogP contribution in [0, 0.1) is 13.8 Å². The Kier molecular flexibility index (Phi) is 5.63. The topological polar surface area (TPSA) is 43.6 Å². The Bertz CT molecular complexity index is 986. The summed E-state index contributed by atoms with van der Waals surface area (Å²) in [6.45, 7) is 6.18. The molecule has 4 nitrogen and oxygen atoms in total. The van der Waals surface area contributed by atoms with Crippen molar-refractivity contribution in [1.29, 1.82) is 0 Å². The van der Waals surface area contributed by atoms with Crippen molar-refractivity contribution in [3.8, 4) is 11.4 Å². The first-order chi connectivity index (χ1) is 13.4. The molecule has 0 N–H and O–H groups in total. The van der Waals surface area contributed by atoms with E-state index in [4.69, 9.17) is 5.10 Å². The Balaban J connectivity index is 1.79. The number of nitrogens with zero attached hydrogens (tertiary/aromatic N) is 4. The molecule has 0 amide bonds. The second kappa shape index (κ2) is 8.01. The predicted octanol–water partition coefficient (Wildman–Crippen LogP) is 5.19. The summed E-state index contributed by atoms with van der Waals surface area (Å²) in [6.07, 6.45) is 6.75. The van der Waals surface area contributed by atoms with Crippen molar-refractivity contribution in [3.05, 3.63) is 64.2 Å². The van der Waals surface area contributed by atoms with Crippen LogP contribution in [0.1, 0.15) is 65.0 Å². The number of benzene rings is 1. The van der Waals surface area contributed by atoms with Gasteiger partial charge in [-0.1, -0.05) is 25.1 Å². The molecule has 2 heterocycles. The van der Waals surface area contributed by atoms with Crippen molar-refractivity contribution in [1.82, 2.24) is 19.7 Å². The van der Waals surface area contributed by atoms with Gasteiger partial charge in [0.05, 0.1) is 11.2 Å². The van der Waals surface area contributed by atoms with E-state index in [1.165, 1.54) is 35.1 Å². The van der Waals surface area contributed by atoms with Crippen molar-refractivity contribution in [2.45, 2.75) is 57.9 Å². The lowest BCUT2D eigenvalue weighted by atomic mass is 9.94. The maximum Gasteiger partial charge on any atom is 0.126 e. The zero-order chi connectivity index (χ0) is 19.8. The second-order valence-corrected chi connectivity index (χ2v) is 9.89. The lowest BCUT2D eigenvalue weighted by Crippen LogP contribution is -1.99. The van der Waals surface area contributed by atoms with E-state index in [9.17, 15) is 0 Å². The Labute approximate surface area is 172 Å². The summed E-state index contributed by atoms with van der Waals surface area (Å²) in [5.41, 5.74) is 8.58. The van der Waals surface area contributed by atoms with Crippen molar-refractivity contribution in [2.24, 2.45) is 0 Å². The molecule has 0 spiro atoms. The zero-order valence-corrected chi connectivity index (χ0v) is 19.1. The molecule has 0 saturated heterocycles. The molecule has 2 aromatic heterocycles. The normalized spacial score (nSPS) is 14.1. The summed E-state index contributed by atoms with van der Waals surface area (Å²) in [6, 6.07) is 9.07. The average molecular weight is 410 g/mol. The fraction of sp³-hybridized carbons (Fsp3) is 0.409. The summed E-state index contributed by atoms with van der Waals surface area (Å²) < 4.78 is 1.99. The Morgan fingerprint density at radius 2 is 1.89 bits per heavy atom. The molecule has 1 aliphatic carbocycles. The summed E-state index contributed by atoms with van der Waals surface area (Å²) in [5, 5.41) is 4.88. The highest BCUT2D eigenvalue weighted by atomic mass is 31.1. The predicted molar refractivity (Wildman–Crippen MR) is 122 cm³/mol. The van der Waals surface area contributed by atoms with E-state index in [1.54, 1.807) is 0 Å². The minimum Gasteiger partial charge on any atom is -0.261 e. The van der Waals surface area contributed by atoms with Gasteiger partial charge in [-0.05, 0) is 61.8 Å². The first-order valence-corrected chi connectivity index (χ1v) is 11.3. The molecular formula is C22H28N4P2. The first kappa shape index (κ1) is 19.7. The molecule has 0 bridgehead atoms. The maximum atomic E-state index is 4.88. The van der Waals surface area contributed by atoms with Gasteiger partial charge in [-0.15, -0.1) is 18.5 Å². The molecule has 1 aliphatic rings. The van der Waals surface area contributed by atoms with Gasteiger partial charge in [-0.3, -0.25) is 4.68 Å². The van der Waals surface area contributed by atoms with Gasteiger partial charge in [-0.2, -0.15) is 5.10 Å². The molecule has 6 heteroatoms. The van der Waals surface area contributed by atoms with Crippen LogP contribution in [0.4, 0.5) is 0 Å². The highest BCUT2D eigenvalue weighted by Gasteiger charge is 2.27. The van der Waals surface area contributed by atoms with Crippen LogP contribution in [0.2, 0.25) is 0 Å². The third-order valence-corrected chi connectivity index (χ3v) is 5.95. The lowest BCUT2D eigenvalue weighted by Gasteiger charge is -2.11. The molecular weight excluding hydrogens is 382 g/mol. The van der Waals surface area contributed by atoms with Gasteiger partial charge < -0.3 is 0 Å². The molecule has 28 heavy (non-hydrogen) atoms. The highest BCUT2D eigenvalue weighted by Crippen LogP contribution is 2.43. The molecule has 3 aromatic rings. The molecule has 0 radical (unpaired) electrons. The summed E-state index contributed by atoms with van der Waals surface area (Å²) in [5.74, 6) is 1.52. The van der Waals surface area contributed by atoms with Crippen LogP contribution in [0.25, 0.3) is 11.4 Å². The van der Waals surface area contributed by atoms with Crippen LogP contribution in [-0.4, -0.2) is 19.7 Å². The zero-order valence-electron chi connectivity index (χ0n) is 16.8. The summed E-state index contributed by atoms with van der Waals surface area (Å²) in [4.78, 5) is 9.11. The summed E-state index contributed by atoms with van der Waals surface area (Å²) >= 11 is 0. The van der Waals surface area contributed by atoms with E-state index in [0.29, 0.717) is 0 Å². The molecule has 0 aliphatic heterocycles. The van der Waals surface area contributed by atoms with Gasteiger partial charge >= 0.3 is 0 Å². The quantitative estimate of drug-likeness (QED) is 0.525. The van der Waals surface area contributed by atoms with Crippen LogP contribution in [0.3, 0.4) is 0 Å². The molecule has 1 fully saturated rings. The highest BCUT2D eigenvalue weighted by molar-refractivity contribution is 7.36. The standard InChI is InChI=1S/C22H28N4P2/c1-4-15-5-8-19(16-6-7-16)17(10-15)11-18-12-26(22(27)28)25-21(18)20-9-13(2)23-14(3)24-20/h5,8-10,12,16,22H,4,6-7,11,27-28H2,1-3H3. The Hall–Kier alpha value is -1.63. The maximum absolute atomic E-state index is 4.88. The Morgan fingerprint density at radius 3 is 2.54 bits per heavy atom. The third kappa shape index (κ3) is 4.19. The van der Waals surface area contributed by atoms with Gasteiger partial charge in [0.1, 0.15) is 11.5 Å². The molecule has 1 aromatic carbocycles.